The third-order valence-corrected chi connectivity index (χ3v) is 5.32. The lowest BCUT2D eigenvalue weighted by Crippen LogP contribution is -2.27. The number of furan rings is 1. The Kier molecular flexibility index (Phi) is 5.72. The van der Waals surface area contributed by atoms with Gasteiger partial charge in [-0.15, -0.1) is 10.2 Å². The Morgan fingerprint density at radius 2 is 2.20 bits per heavy atom. The van der Waals surface area contributed by atoms with Crippen molar-refractivity contribution < 1.29 is 9.21 Å². The van der Waals surface area contributed by atoms with E-state index in [0.29, 0.717) is 5.13 Å². The molecule has 0 aliphatic heterocycles. The molecule has 0 saturated carbocycles. The fourth-order valence-corrected chi connectivity index (χ4v) is 3.77. The monoisotopic (exact) mass is 374 g/mol. The van der Waals surface area contributed by atoms with Gasteiger partial charge in [-0.25, -0.2) is 0 Å². The number of aryl methyl sites for hydroxylation is 1. The number of hydrogen-bond donors (Lipinski definition) is 2. The SMILES string of the molecule is Cc1cccc(Nc2nnc(SCC(=O)N[C@@H](C)c3ccco3)s2)c1. The van der Waals surface area contributed by atoms with Gasteiger partial charge in [0.2, 0.25) is 11.0 Å². The summed E-state index contributed by atoms with van der Waals surface area (Å²) in [5.41, 5.74) is 2.14. The van der Waals surface area contributed by atoms with Crippen LogP contribution in [-0.2, 0) is 4.79 Å². The zero-order chi connectivity index (χ0) is 17.6. The van der Waals surface area contributed by atoms with Gasteiger partial charge in [0.25, 0.3) is 0 Å². The van der Waals surface area contributed by atoms with Gasteiger partial charge in [0, 0.05) is 5.69 Å². The molecule has 2 N–H and O–H groups in total. The van der Waals surface area contributed by atoms with Crippen LogP contribution in [0.1, 0.15) is 24.3 Å². The molecule has 2 aromatic heterocycles. The molecule has 130 valence electrons. The van der Waals surface area contributed by atoms with Gasteiger partial charge in [0.15, 0.2) is 4.34 Å². The zero-order valence-electron chi connectivity index (χ0n) is 13.9. The fraction of sp³-hybridized carbons (Fsp3) is 0.235. The van der Waals surface area contributed by atoms with Crippen molar-refractivity contribution in [1.82, 2.24) is 15.5 Å². The van der Waals surface area contributed by atoms with E-state index >= 15 is 0 Å². The Labute approximate surface area is 154 Å². The summed E-state index contributed by atoms with van der Waals surface area (Å²) in [6.45, 7) is 3.92. The second-order valence-corrected chi connectivity index (χ2v) is 7.66. The largest absolute Gasteiger partial charge is 0.467 e. The third-order valence-electron chi connectivity index (χ3n) is 3.35. The van der Waals surface area contributed by atoms with Crippen molar-refractivity contribution in [3.8, 4) is 0 Å². The maximum Gasteiger partial charge on any atom is 0.231 e. The molecule has 0 bridgehead atoms. The molecule has 3 aromatic rings. The van der Waals surface area contributed by atoms with E-state index in [9.17, 15) is 4.79 Å². The highest BCUT2D eigenvalue weighted by molar-refractivity contribution is 8.01. The predicted octanol–water partition coefficient (Wildman–Crippen LogP) is 4.15. The number of nitrogens with zero attached hydrogens (tertiary/aromatic N) is 2. The summed E-state index contributed by atoms with van der Waals surface area (Å²) < 4.78 is 6.02. The minimum absolute atomic E-state index is 0.0720. The van der Waals surface area contributed by atoms with Crippen molar-refractivity contribution in [1.29, 1.82) is 0 Å². The maximum absolute atomic E-state index is 12.0. The highest BCUT2D eigenvalue weighted by Crippen LogP contribution is 2.27. The first-order valence-electron chi connectivity index (χ1n) is 7.73. The molecule has 1 atom stereocenters. The summed E-state index contributed by atoms with van der Waals surface area (Å²) in [5.74, 6) is 0.945. The number of carbonyl (C=O) groups excluding carboxylic acids is 1. The van der Waals surface area contributed by atoms with Gasteiger partial charge in [0.1, 0.15) is 5.76 Å². The number of nitrogens with one attached hydrogen (secondary N) is 2. The molecule has 8 heteroatoms. The van der Waals surface area contributed by atoms with Gasteiger partial charge in [-0.05, 0) is 43.7 Å². The zero-order valence-corrected chi connectivity index (χ0v) is 15.5. The lowest BCUT2D eigenvalue weighted by molar-refractivity contribution is -0.119. The third kappa shape index (κ3) is 5.07. The number of hydrogen-bond acceptors (Lipinski definition) is 7. The molecular formula is C17H18N4O2S2. The first-order valence-corrected chi connectivity index (χ1v) is 9.53. The van der Waals surface area contributed by atoms with Crippen molar-refractivity contribution >= 4 is 39.8 Å². The molecule has 0 saturated heterocycles. The number of rotatable bonds is 7. The minimum atomic E-state index is -0.156. The van der Waals surface area contributed by atoms with Gasteiger partial charge in [-0.2, -0.15) is 0 Å². The Hall–Kier alpha value is -2.32. The summed E-state index contributed by atoms with van der Waals surface area (Å²) in [7, 11) is 0. The number of benzene rings is 1. The molecule has 2 heterocycles. The van der Waals surface area contributed by atoms with Crippen molar-refractivity contribution in [2.45, 2.75) is 24.2 Å². The Morgan fingerprint density at radius 3 is 2.96 bits per heavy atom. The van der Waals surface area contributed by atoms with E-state index in [4.69, 9.17) is 4.42 Å². The number of anilines is 2. The van der Waals surface area contributed by atoms with E-state index in [1.807, 2.05) is 44.2 Å². The predicted molar refractivity (Wildman–Crippen MR) is 100 cm³/mol. The van der Waals surface area contributed by atoms with Crippen LogP contribution in [0.25, 0.3) is 0 Å². The first kappa shape index (κ1) is 17.5. The van der Waals surface area contributed by atoms with E-state index < -0.39 is 0 Å². The average molecular weight is 374 g/mol. The van der Waals surface area contributed by atoms with E-state index in [0.717, 1.165) is 15.8 Å². The molecule has 6 nitrogen and oxygen atoms in total. The van der Waals surface area contributed by atoms with Crippen molar-refractivity contribution in [3.05, 3.63) is 54.0 Å². The summed E-state index contributed by atoms with van der Waals surface area (Å²) in [6, 6.07) is 11.5. The van der Waals surface area contributed by atoms with Crippen molar-refractivity contribution in [2.75, 3.05) is 11.1 Å². The van der Waals surface area contributed by atoms with Crippen LogP contribution in [0.15, 0.2) is 51.4 Å². The van der Waals surface area contributed by atoms with Crippen molar-refractivity contribution in [2.24, 2.45) is 0 Å². The number of aromatic nitrogens is 2. The van der Waals surface area contributed by atoms with E-state index in [2.05, 4.69) is 20.8 Å². The Morgan fingerprint density at radius 1 is 1.32 bits per heavy atom. The number of carbonyl (C=O) groups is 1. The maximum atomic E-state index is 12.0. The van der Waals surface area contributed by atoms with Gasteiger partial charge < -0.3 is 15.1 Å². The molecule has 0 aliphatic rings. The summed E-state index contributed by atoms with van der Waals surface area (Å²) >= 11 is 2.79. The lowest BCUT2D eigenvalue weighted by Gasteiger charge is -2.10. The molecule has 0 aliphatic carbocycles. The quantitative estimate of drug-likeness (QED) is 0.605. The molecule has 1 amide bonds. The van der Waals surface area contributed by atoms with Crippen molar-refractivity contribution in [3.63, 3.8) is 0 Å². The van der Waals surface area contributed by atoms with Crippen LogP contribution >= 0.6 is 23.1 Å². The first-order chi connectivity index (χ1) is 12.1. The summed E-state index contributed by atoms with van der Waals surface area (Å²) in [6.07, 6.45) is 1.59. The molecule has 3 rings (SSSR count). The van der Waals surface area contributed by atoms with Crippen LogP contribution in [-0.4, -0.2) is 21.9 Å². The second kappa shape index (κ2) is 8.17. The minimum Gasteiger partial charge on any atom is -0.467 e. The Bertz CT molecular complexity index is 833. The molecule has 0 unspecified atom stereocenters. The van der Waals surface area contributed by atoms with Crippen LogP contribution in [0.5, 0.6) is 0 Å². The van der Waals surface area contributed by atoms with Crippen LogP contribution in [0.3, 0.4) is 0 Å². The van der Waals surface area contributed by atoms with Crippen LogP contribution in [0, 0.1) is 6.92 Å². The molecule has 1 aromatic carbocycles. The highest BCUT2D eigenvalue weighted by atomic mass is 32.2. The molecule has 0 fully saturated rings. The lowest BCUT2D eigenvalue weighted by atomic mass is 10.2. The van der Waals surface area contributed by atoms with Gasteiger partial charge in [-0.3, -0.25) is 4.79 Å². The topological polar surface area (TPSA) is 80.0 Å². The molecule has 25 heavy (non-hydrogen) atoms. The van der Waals surface area contributed by atoms with Crippen LogP contribution in [0.2, 0.25) is 0 Å². The van der Waals surface area contributed by atoms with Gasteiger partial charge in [-0.1, -0.05) is 35.2 Å². The second-order valence-electron chi connectivity index (χ2n) is 5.46. The summed E-state index contributed by atoms with van der Waals surface area (Å²) in [4.78, 5) is 12.0. The molecule has 0 spiro atoms. The van der Waals surface area contributed by atoms with Gasteiger partial charge >= 0.3 is 0 Å². The molecule has 0 radical (unpaired) electrons. The standard InChI is InChI=1S/C17H18N4O2S2/c1-11-5-3-6-13(9-11)19-16-20-21-17(25-16)24-10-15(22)18-12(2)14-7-4-8-23-14/h3-9,12H,10H2,1-2H3,(H,18,22)(H,19,20)/t12-/m0/s1. The number of thioether (sulfide) groups is 1. The number of amides is 1. The van der Waals surface area contributed by atoms with Gasteiger partial charge in [0.05, 0.1) is 18.1 Å². The molecular weight excluding hydrogens is 356 g/mol. The van der Waals surface area contributed by atoms with Crippen LogP contribution < -0.4 is 10.6 Å². The smallest absolute Gasteiger partial charge is 0.231 e. The average Bonchev–Trinajstić information content (AvgIpc) is 3.25. The van der Waals surface area contributed by atoms with E-state index in [-0.39, 0.29) is 17.7 Å². The van der Waals surface area contributed by atoms with E-state index in [1.54, 1.807) is 12.3 Å². The highest BCUT2D eigenvalue weighted by Gasteiger charge is 2.13. The Balaban J connectivity index is 1.49. The fourth-order valence-electron chi connectivity index (χ4n) is 2.18. The van der Waals surface area contributed by atoms with Crippen LogP contribution in [0.4, 0.5) is 10.8 Å². The summed E-state index contributed by atoms with van der Waals surface area (Å²) in [5, 5.41) is 15.0. The normalized spacial score (nSPS) is 11.9. The van der Waals surface area contributed by atoms with E-state index in [1.165, 1.54) is 28.7 Å².